The number of amidine groups is 1. The van der Waals surface area contributed by atoms with Crippen molar-refractivity contribution in [1.82, 2.24) is 0 Å². The Kier molecular flexibility index (Phi) is 2.41. The van der Waals surface area contributed by atoms with Crippen molar-refractivity contribution in [3.8, 4) is 0 Å². The molecule has 8 heteroatoms. The molecule has 3 rings (SSSR count). The monoisotopic (exact) mass is 281 g/mol. The Hall–Kier alpha value is -1.93. The molecule has 2 atom stereocenters. The van der Waals surface area contributed by atoms with Crippen LogP contribution in [0.4, 0.5) is 10.1 Å². The van der Waals surface area contributed by atoms with Crippen LogP contribution in [0.25, 0.3) is 0 Å². The fraction of sp³-hybridized carbons (Fsp3) is 0.182. The molecule has 98 valence electrons. The molecule has 0 fully saturated rings. The Morgan fingerprint density at radius 3 is 2.84 bits per heavy atom. The molecule has 0 bridgehead atoms. The molecule has 0 unspecified atom stereocenters. The van der Waals surface area contributed by atoms with E-state index >= 15 is 0 Å². The summed E-state index contributed by atoms with van der Waals surface area (Å²) in [6.07, 6.45) is 0. The lowest BCUT2D eigenvalue weighted by Crippen LogP contribution is -2.46. The number of nitrogens with zero attached hydrogens (tertiary/aromatic N) is 1. The normalized spacial score (nSPS) is 29.2. The number of benzene rings is 1. The molecule has 2 amide bonds. The summed E-state index contributed by atoms with van der Waals surface area (Å²) in [5.74, 6) is -2.11. The van der Waals surface area contributed by atoms with Crippen LogP contribution in [0.5, 0.6) is 0 Å². The summed E-state index contributed by atoms with van der Waals surface area (Å²) in [5, 5.41) is 11.8. The van der Waals surface area contributed by atoms with E-state index in [-0.39, 0.29) is 16.4 Å². The Balaban J connectivity index is 2.13. The average Bonchev–Trinajstić information content (AvgIpc) is 2.80. The van der Waals surface area contributed by atoms with Crippen LogP contribution in [0, 0.1) is 5.82 Å². The standard InChI is InChI=1S/C11H8FN3O3S/c12-4-1-2-6-5(3-4)11(18,9(17)14-6)7-8(16)15-10(13)19-7/h1-3,7,18H,(H,14,17)(H2,13,15,16)/t7-,11-/m1/s1. The molecule has 2 heterocycles. The number of hydrogen-bond acceptors (Lipinski definition) is 5. The number of hydrogen-bond donors (Lipinski definition) is 3. The third-order valence-corrected chi connectivity index (χ3v) is 4.16. The third-order valence-electron chi connectivity index (χ3n) is 3.05. The highest BCUT2D eigenvalue weighted by Crippen LogP contribution is 2.44. The Bertz CT molecular complexity index is 648. The molecular weight excluding hydrogens is 273 g/mol. The zero-order valence-corrected chi connectivity index (χ0v) is 10.2. The molecule has 0 aromatic heterocycles. The van der Waals surface area contributed by atoms with Crippen molar-refractivity contribution >= 4 is 34.4 Å². The van der Waals surface area contributed by atoms with E-state index in [1.165, 1.54) is 6.07 Å². The van der Waals surface area contributed by atoms with E-state index in [1.807, 2.05) is 0 Å². The summed E-state index contributed by atoms with van der Waals surface area (Å²) in [7, 11) is 0. The number of aliphatic imine (C=N–C) groups is 1. The molecule has 2 aliphatic rings. The van der Waals surface area contributed by atoms with Crippen molar-refractivity contribution in [2.24, 2.45) is 10.7 Å². The maximum atomic E-state index is 13.3. The number of anilines is 1. The van der Waals surface area contributed by atoms with Crippen molar-refractivity contribution in [2.45, 2.75) is 10.9 Å². The minimum absolute atomic E-state index is 0.0215. The van der Waals surface area contributed by atoms with Gasteiger partial charge in [-0.1, -0.05) is 11.8 Å². The van der Waals surface area contributed by atoms with Crippen molar-refractivity contribution < 1.29 is 19.1 Å². The quantitative estimate of drug-likeness (QED) is 0.668. The summed E-state index contributed by atoms with van der Waals surface area (Å²) < 4.78 is 13.3. The van der Waals surface area contributed by atoms with E-state index in [1.54, 1.807) is 0 Å². The number of halogens is 1. The van der Waals surface area contributed by atoms with Gasteiger partial charge in [0, 0.05) is 11.3 Å². The molecule has 0 aliphatic carbocycles. The summed E-state index contributed by atoms with van der Waals surface area (Å²) >= 11 is 0.788. The van der Waals surface area contributed by atoms with E-state index in [9.17, 15) is 19.1 Å². The number of fused-ring (bicyclic) bond motifs is 1. The van der Waals surface area contributed by atoms with Crippen molar-refractivity contribution in [3.05, 3.63) is 29.6 Å². The van der Waals surface area contributed by atoms with Gasteiger partial charge in [-0.2, -0.15) is 4.99 Å². The topological polar surface area (TPSA) is 105 Å². The van der Waals surface area contributed by atoms with Gasteiger partial charge in [-0.15, -0.1) is 0 Å². The van der Waals surface area contributed by atoms with Crippen LogP contribution in [0.2, 0.25) is 0 Å². The van der Waals surface area contributed by atoms with Crippen molar-refractivity contribution in [1.29, 1.82) is 0 Å². The van der Waals surface area contributed by atoms with Crippen molar-refractivity contribution in [2.75, 3.05) is 5.32 Å². The molecule has 0 spiro atoms. The Morgan fingerprint density at radius 1 is 1.47 bits per heavy atom. The zero-order chi connectivity index (χ0) is 13.8. The number of carbonyl (C=O) groups is 2. The molecule has 0 saturated carbocycles. The number of nitrogens with one attached hydrogen (secondary N) is 1. The smallest absolute Gasteiger partial charge is 0.265 e. The molecular formula is C11H8FN3O3S. The van der Waals surface area contributed by atoms with Crippen LogP contribution < -0.4 is 11.1 Å². The zero-order valence-electron chi connectivity index (χ0n) is 9.38. The van der Waals surface area contributed by atoms with Gasteiger partial charge in [-0.05, 0) is 18.2 Å². The predicted molar refractivity (Wildman–Crippen MR) is 66.9 cm³/mol. The highest BCUT2D eigenvalue weighted by molar-refractivity contribution is 8.15. The average molecular weight is 281 g/mol. The highest BCUT2D eigenvalue weighted by atomic mass is 32.2. The van der Waals surface area contributed by atoms with E-state index in [0.717, 1.165) is 23.9 Å². The van der Waals surface area contributed by atoms with Crippen LogP contribution in [0.3, 0.4) is 0 Å². The molecule has 2 aliphatic heterocycles. The van der Waals surface area contributed by atoms with Crippen LogP contribution in [-0.4, -0.2) is 27.3 Å². The van der Waals surface area contributed by atoms with Gasteiger partial charge in [-0.3, -0.25) is 9.59 Å². The largest absolute Gasteiger partial charge is 0.378 e. The van der Waals surface area contributed by atoms with Gasteiger partial charge in [0.25, 0.3) is 11.8 Å². The third kappa shape index (κ3) is 1.57. The number of rotatable bonds is 1. The van der Waals surface area contributed by atoms with E-state index in [2.05, 4.69) is 10.3 Å². The number of carbonyl (C=O) groups excluding carboxylic acids is 2. The summed E-state index contributed by atoms with van der Waals surface area (Å²) in [6.45, 7) is 0. The van der Waals surface area contributed by atoms with E-state index in [4.69, 9.17) is 5.73 Å². The SMILES string of the molecule is NC1=NC(=O)[C@H]([C@@]2(O)C(=O)Nc3ccc(F)cc32)S1. The fourth-order valence-electron chi connectivity index (χ4n) is 2.17. The molecule has 6 nitrogen and oxygen atoms in total. The second kappa shape index (κ2) is 3.78. The maximum absolute atomic E-state index is 13.3. The molecule has 19 heavy (non-hydrogen) atoms. The molecule has 1 aromatic rings. The number of aliphatic hydroxyl groups is 1. The van der Waals surface area contributed by atoms with Crippen LogP contribution >= 0.6 is 11.8 Å². The van der Waals surface area contributed by atoms with E-state index < -0.39 is 28.5 Å². The van der Waals surface area contributed by atoms with Crippen LogP contribution in [0.1, 0.15) is 5.56 Å². The van der Waals surface area contributed by atoms with Gasteiger partial charge in [0.05, 0.1) is 0 Å². The number of nitrogens with two attached hydrogens (primary N) is 1. The molecule has 0 saturated heterocycles. The first-order valence-corrected chi connectivity index (χ1v) is 6.19. The lowest BCUT2D eigenvalue weighted by atomic mass is 9.91. The van der Waals surface area contributed by atoms with Crippen LogP contribution in [-0.2, 0) is 15.2 Å². The van der Waals surface area contributed by atoms with Crippen molar-refractivity contribution in [3.63, 3.8) is 0 Å². The van der Waals surface area contributed by atoms with Crippen LogP contribution in [0.15, 0.2) is 23.2 Å². The lowest BCUT2D eigenvalue weighted by molar-refractivity contribution is -0.138. The van der Waals surface area contributed by atoms with Gasteiger partial charge < -0.3 is 16.2 Å². The van der Waals surface area contributed by atoms with E-state index in [0.29, 0.717) is 0 Å². The molecule has 4 N–H and O–H groups in total. The molecule has 0 radical (unpaired) electrons. The Morgan fingerprint density at radius 2 is 2.21 bits per heavy atom. The highest BCUT2D eigenvalue weighted by Gasteiger charge is 2.56. The predicted octanol–water partition coefficient (Wildman–Crippen LogP) is -0.0779. The number of amides is 2. The summed E-state index contributed by atoms with van der Waals surface area (Å²) in [5.41, 5.74) is 3.54. The van der Waals surface area contributed by atoms with Gasteiger partial charge in [-0.25, -0.2) is 4.39 Å². The second-order valence-corrected chi connectivity index (χ2v) is 5.32. The minimum atomic E-state index is -2.16. The van der Waals surface area contributed by atoms with Gasteiger partial charge in [0.1, 0.15) is 11.1 Å². The van der Waals surface area contributed by atoms with Gasteiger partial charge in [0.2, 0.25) is 0 Å². The molecule has 1 aromatic carbocycles. The first-order valence-electron chi connectivity index (χ1n) is 5.31. The first kappa shape index (κ1) is 12.1. The number of thioether (sulfide) groups is 1. The van der Waals surface area contributed by atoms with Gasteiger partial charge >= 0.3 is 0 Å². The van der Waals surface area contributed by atoms with Gasteiger partial charge in [0.15, 0.2) is 10.8 Å². The summed E-state index contributed by atoms with van der Waals surface area (Å²) in [4.78, 5) is 27.1. The fourth-order valence-corrected chi connectivity index (χ4v) is 3.11. The minimum Gasteiger partial charge on any atom is -0.378 e. The second-order valence-electron chi connectivity index (χ2n) is 4.20. The Labute approximate surface area is 110 Å². The lowest BCUT2D eigenvalue weighted by Gasteiger charge is -2.24. The summed E-state index contributed by atoms with van der Waals surface area (Å²) in [6, 6.07) is 3.50. The first-order chi connectivity index (χ1) is 8.92. The maximum Gasteiger partial charge on any atom is 0.265 e.